The highest BCUT2D eigenvalue weighted by molar-refractivity contribution is 6.31. The monoisotopic (exact) mass is 673 g/mol. The number of carbonyl (C=O) groups excluding carboxylic acids is 5. The van der Waals surface area contributed by atoms with Crippen molar-refractivity contribution in [1.82, 2.24) is 26.2 Å². The number of hydrogen-bond acceptors (Lipinski definition) is 6. The van der Waals surface area contributed by atoms with Crippen LogP contribution >= 0.6 is 11.6 Å². The molecule has 0 unspecified atom stereocenters. The minimum Gasteiger partial charge on any atom is -0.484 e. The molecule has 3 aromatic carbocycles. The van der Waals surface area contributed by atoms with Gasteiger partial charge in [0.15, 0.2) is 6.61 Å². The SMILES string of the molecule is C[C@@H]1NC(=O)[C@H]2CCCN2C(=O)[C@@H](Cc2ccccc2)NC(=O)COc2ccc(cc2)C[C@@H](C(=O)NCCc2ccccc2Cl)NC1=O. The van der Waals surface area contributed by atoms with Crippen molar-refractivity contribution < 1.29 is 28.7 Å². The maximum absolute atomic E-state index is 13.9. The molecule has 0 saturated carbocycles. The zero-order chi connectivity index (χ0) is 34.0. The quantitative estimate of drug-likeness (QED) is 0.316. The number of amides is 5. The third kappa shape index (κ3) is 9.13. The van der Waals surface area contributed by atoms with Gasteiger partial charge in [-0.05, 0) is 61.1 Å². The fraction of sp³-hybridized carbons (Fsp3) is 0.361. The Morgan fingerprint density at radius 2 is 1.65 bits per heavy atom. The zero-order valence-corrected chi connectivity index (χ0v) is 27.5. The Morgan fingerprint density at radius 3 is 2.40 bits per heavy atom. The maximum atomic E-state index is 13.9. The Hall–Kier alpha value is -4.90. The molecule has 4 N–H and O–H groups in total. The molecule has 0 spiro atoms. The van der Waals surface area contributed by atoms with E-state index in [0.29, 0.717) is 43.1 Å². The predicted octanol–water partition coefficient (Wildman–Crippen LogP) is 2.34. The van der Waals surface area contributed by atoms with Gasteiger partial charge in [0, 0.05) is 31.0 Å². The van der Waals surface area contributed by atoms with Gasteiger partial charge in [0.05, 0.1) is 0 Å². The molecular weight excluding hydrogens is 634 g/mol. The van der Waals surface area contributed by atoms with Crippen molar-refractivity contribution in [3.8, 4) is 5.75 Å². The summed E-state index contributed by atoms with van der Waals surface area (Å²) in [5.41, 5.74) is 2.47. The zero-order valence-electron chi connectivity index (χ0n) is 26.7. The van der Waals surface area contributed by atoms with E-state index in [4.69, 9.17) is 16.3 Å². The van der Waals surface area contributed by atoms with Crippen molar-refractivity contribution in [1.29, 1.82) is 0 Å². The second-order valence-electron chi connectivity index (χ2n) is 12.1. The average molecular weight is 674 g/mol. The molecule has 0 aliphatic carbocycles. The lowest BCUT2D eigenvalue weighted by atomic mass is 10.0. The summed E-state index contributed by atoms with van der Waals surface area (Å²) in [6.07, 6.45) is 1.89. The Bertz CT molecular complexity index is 1620. The van der Waals surface area contributed by atoms with Crippen LogP contribution in [0.4, 0.5) is 0 Å². The second kappa shape index (κ2) is 16.3. The molecule has 3 aromatic rings. The van der Waals surface area contributed by atoms with Crippen molar-refractivity contribution in [3.63, 3.8) is 0 Å². The van der Waals surface area contributed by atoms with E-state index in [1.807, 2.05) is 48.5 Å². The van der Waals surface area contributed by atoms with Crippen LogP contribution in [0.2, 0.25) is 5.02 Å². The van der Waals surface area contributed by atoms with Crippen LogP contribution in [-0.2, 0) is 43.2 Å². The molecule has 4 atom stereocenters. The van der Waals surface area contributed by atoms with Gasteiger partial charge in [0.2, 0.25) is 23.6 Å². The Labute approximate surface area is 284 Å². The first-order valence-corrected chi connectivity index (χ1v) is 16.5. The van der Waals surface area contributed by atoms with E-state index in [0.717, 1.165) is 16.7 Å². The third-order valence-electron chi connectivity index (χ3n) is 8.52. The molecule has 5 amide bonds. The van der Waals surface area contributed by atoms with E-state index in [2.05, 4.69) is 21.3 Å². The van der Waals surface area contributed by atoms with Gasteiger partial charge in [-0.3, -0.25) is 24.0 Å². The number of rotatable bonds is 6. The molecule has 11 nitrogen and oxygen atoms in total. The Morgan fingerprint density at radius 1 is 0.917 bits per heavy atom. The van der Waals surface area contributed by atoms with E-state index < -0.39 is 53.7 Å². The normalized spacial score (nSPS) is 22.2. The molecular formula is C36H40ClN5O6. The number of carbonyl (C=O) groups is 5. The van der Waals surface area contributed by atoms with Crippen LogP contribution in [0, 0.1) is 0 Å². The summed E-state index contributed by atoms with van der Waals surface area (Å²) in [6, 6.07) is 19.8. The number of fused-ring (bicyclic) bond motifs is 13. The summed E-state index contributed by atoms with van der Waals surface area (Å²) in [7, 11) is 0. The van der Waals surface area contributed by atoms with Crippen LogP contribution in [-0.4, -0.2) is 78.3 Å². The fourth-order valence-electron chi connectivity index (χ4n) is 5.92. The molecule has 48 heavy (non-hydrogen) atoms. The summed E-state index contributed by atoms with van der Waals surface area (Å²) in [4.78, 5) is 68.6. The average Bonchev–Trinajstić information content (AvgIpc) is 3.58. The van der Waals surface area contributed by atoms with Crippen molar-refractivity contribution in [2.24, 2.45) is 0 Å². The molecule has 0 radical (unpaired) electrons. The van der Waals surface area contributed by atoms with Crippen LogP contribution in [0.1, 0.15) is 36.5 Å². The Kier molecular flexibility index (Phi) is 11.7. The molecule has 252 valence electrons. The minimum atomic E-state index is -0.994. The van der Waals surface area contributed by atoms with E-state index >= 15 is 0 Å². The summed E-state index contributed by atoms with van der Waals surface area (Å²) < 4.78 is 5.72. The van der Waals surface area contributed by atoms with E-state index in [1.54, 1.807) is 30.3 Å². The number of nitrogens with zero attached hydrogens (tertiary/aromatic N) is 1. The minimum absolute atomic E-state index is 0.164. The number of ether oxygens (including phenoxy) is 1. The highest BCUT2D eigenvalue weighted by Gasteiger charge is 2.38. The highest BCUT2D eigenvalue weighted by atomic mass is 35.5. The first-order valence-electron chi connectivity index (χ1n) is 16.2. The van der Waals surface area contributed by atoms with E-state index in [-0.39, 0.29) is 19.4 Å². The topological polar surface area (TPSA) is 146 Å². The third-order valence-corrected chi connectivity index (χ3v) is 8.89. The van der Waals surface area contributed by atoms with Gasteiger partial charge in [-0.15, -0.1) is 0 Å². The van der Waals surface area contributed by atoms with Crippen molar-refractivity contribution in [2.45, 2.75) is 63.2 Å². The lowest BCUT2D eigenvalue weighted by Crippen LogP contribution is -2.58. The molecule has 0 aromatic heterocycles. The van der Waals surface area contributed by atoms with Crippen LogP contribution in [0.15, 0.2) is 78.9 Å². The van der Waals surface area contributed by atoms with Gasteiger partial charge in [-0.2, -0.15) is 0 Å². The van der Waals surface area contributed by atoms with Gasteiger partial charge in [0.25, 0.3) is 5.91 Å². The molecule has 1 saturated heterocycles. The summed E-state index contributed by atoms with van der Waals surface area (Å²) in [5.74, 6) is -1.87. The first kappa shape index (κ1) is 34.4. The van der Waals surface area contributed by atoms with Crippen LogP contribution in [0.25, 0.3) is 0 Å². The standard InChI is InChI=1S/C36H40ClN5O6/c1-23-33(44)41-29(34(45)38-18-17-26-10-5-6-11-28(26)37)20-25-13-15-27(16-14-25)48-22-32(43)40-30(21-24-8-3-2-4-9-24)36(47)42-19-7-12-31(42)35(46)39-23/h2-6,8-11,13-16,23,29-31H,7,12,17-22H2,1H3,(H,38,45)(H,39,46)(H,40,43)(H,41,44)/t23-,29-,30+,31+/m0/s1. The molecule has 1 fully saturated rings. The van der Waals surface area contributed by atoms with E-state index in [9.17, 15) is 24.0 Å². The number of benzene rings is 3. The summed E-state index contributed by atoms with van der Waals surface area (Å²) >= 11 is 6.27. The van der Waals surface area contributed by atoms with Gasteiger partial charge >= 0.3 is 0 Å². The first-order chi connectivity index (χ1) is 23.2. The fourth-order valence-corrected chi connectivity index (χ4v) is 6.15. The lowest BCUT2D eigenvalue weighted by molar-refractivity contribution is -0.142. The largest absolute Gasteiger partial charge is 0.484 e. The molecule has 12 heteroatoms. The van der Waals surface area contributed by atoms with Crippen LogP contribution in [0.5, 0.6) is 5.75 Å². The summed E-state index contributed by atoms with van der Waals surface area (Å²) in [5, 5.41) is 11.8. The van der Waals surface area contributed by atoms with Crippen molar-refractivity contribution in [2.75, 3.05) is 19.7 Å². The van der Waals surface area contributed by atoms with Gasteiger partial charge < -0.3 is 30.9 Å². The smallest absolute Gasteiger partial charge is 0.258 e. The number of halogens is 1. The molecule has 3 heterocycles. The van der Waals surface area contributed by atoms with Crippen molar-refractivity contribution >= 4 is 41.1 Å². The summed E-state index contributed by atoms with van der Waals surface area (Å²) in [6.45, 7) is 1.84. The van der Waals surface area contributed by atoms with Gasteiger partial charge in [-0.25, -0.2) is 0 Å². The number of nitrogens with one attached hydrogen (secondary N) is 4. The molecule has 6 rings (SSSR count). The van der Waals surface area contributed by atoms with Gasteiger partial charge in [0.1, 0.15) is 29.9 Å². The van der Waals surface area contributed by atoms with Gasteiger partial charge in [-0.1, -0.05) is 72.3 Å². The highest BCUT2D eigenvalue weighted by Crippen LogP contribution is 2.21. The molecule has 3 aliphatic heterocycles. The van der Waals surface area contributed by atoms with Crippen molar-refractivity contribution in [3.05, 3.63) is 101 Å². The number of hydrogen-bond donors (Lipinski definition) is 4. The van der Waals surface area contributed by atoms with E-state index in [1.165, 1.54) is 11.8 Å². The molecule has 2 bridgehead atoms. The predicted molar refractivity (Wildman–Crippen MR) is 180 cm³/mol. The van der Waals surface area contributed by atoms with Crippen LogP contribution < -0.4 is 26.0 Å². The van der Waals surface area contributed by atoms with Crippen LogP contribution in [0.3, 0.4) is 0 Å². The lowest BCUT2D eigenvalue weighted by Gasteiger charge is -2.29. The molecule has 3 aliphatic rings. The maximum Gasteiger partial charge on any atom is 0.258 e. The Balaban J connectivity index is 1.35. The second-order valence-corrected chi connectivity index (χ2v) is 12.5.